The summed E-state index contributed by atoms with van der Waals surface area (Å²) in [7, 11) is 0. The highest BCUT2D eigenvalue weighted by Gasteiger charge is 2.35. The summed E-state index contributed by atoms with van der Waals surface area (Å²) in [5, 5.41) is 0. The first-order valence-electron chi connectivity index (χ1n) is 8.25. The Labute approximate surface area is 121 Å². The van der Waals surface area contributed by atoms with Gasteiger partial charge in [0.2, 0.25) is 5.91 Å². The van der Waals surface area contributed by atoms with Crippen molar-refractivity contribution in [3.63, 3.8) is 0 Å². The number of nitrogens with zero attached hydrogens (tertiary/aromatic N) is 1. The molecule has 0 spiro atoms. The van der Waals surface area contributed by atoms with Crippen LogP contribution >= 0.6 is 0 Å². The lowest BCUT2D eigenvalue weighted by atomic mass is 9.69. The van der Waals surface area contributed by atoms with Crippen molar-refractivity contribution in [2.75, 3.05) is 13.1 Å². The van der Waals surface area contributed by atoms with E-state index < -0.39 is 0 Å². The lowest BCUT2D eigenvalue weighted by Gasteiger charge is -2.35. The van der Waals surface area contributed by atoms with Crippen LogP contribution in [0, 0.1) is 11.8 Å². The zero-order valence-corrected chi connectivity index (χ0v) is 12.3. The van der Waals surface area contributed by atoms with Gasteiger partial charge < -0.3 is 4.90 Å². The zero-order chi connectivity index (χ0) is 13.9. The molecule has 110 valence electrons. The van der Waals surface area contributed by atoms with Crippen LogP contribution in [0.4, 0.5) is 0 Å². The summed E-state index contributed by atoms with van der Waals surface area (Å²) in [6.45, 7) is 1.82. The minimum atomic E-state index is 0.182. The molecule has 3 aliphatic rings. The molecule has 0 radical (unpaired) electrons. The average molecular weight is 275 g/mol. The Morgan fingerprint density at radius 1 is 1.05 bits per heavy atom. The van der Waals surface area contributed by atoms with E-state index >= 15 is 0 Å². The standard InChI is InChI=1S/C17H25NO2/c19-16-6-4-5-14-8-7-13(11-15(14)16)12-17(20)18-9-2-1-3-10-18/h12,14-15H,1-11H2/b13-12+/t14-,15-/m0/s1. The number of ketones is 1. The van der Waals surface area contributed by atoms with Crippen LogP contribution in [-0.2, 0) is 9.59 Å². The molecule has 2 aliphatic carbocycles. The third-order valence-corrected chi connectivity index (χ3v) is 5.29. The van der Waals surface area contributed by atoms with Crippen LogP contribution in [0.2, 0.25) is 0 Å². The highest BCUT2D eigenvalue weighted by molar-refractivity contribution is 5.89. The van der Waals surface area contributed by atoms with Gasteiger partial charge in [0, 0.05) is 31.5 Å². The van der Waals surface area contributed by atoms with Crippen molar-refractivity contribution in [2.45, 2.75) is 57.8 Å². The number of carbonyl (C=O) groups excluding carboxylic acids is 2. The maximum Gasteiger partial charge on any atom is 0.246 e. The minimum Gasteiger partial charge on any atom is -0.339 e. The SMILES string of the molecule is O=C1CCC[C@H]2CC/C(=C\C(=O)N3CCCCC3)C[C@H]12. The first kappa shape index (κ1) is 13.8. The van der Waals surface area contributed by atoms with Gasteiger partial charge in [-0.1, -0.05) is 5.57 Å². The molecular formula is C17H25NO2. The van der Waals surface area contributed by atoms with Crippen molar-refractivity contribution >= 4 is 11.7 Å². The molecule has 0 bridgehead atoms. The number of hydrogen-bond donors (Lipinski definition) is 0. The Balaban J connectivity index is 1.63. The quantitative estimate of drug-likeness (QED) is 0.690. The largest absolute Gasteiger partial charge is 0.339 e. The number of allylic oxidation sites excluding steroid dienone is 1. The first-order valence-corrected chi connectivity index (χ1v) is 8.25. The summed E-state index contributed by atoms with van der Waals surface area (Å²) in [5.41, 5.74) is 1.22. The maximum absolute atomic E-state index is 12.3. The molecule has 2 atom stereocenters. The first-order chi connectivity index (χ1) is 9.74. The van der Waals surface area contributed by atoms with Gasteiger partial charge in [0.05, 0.1) is 0 Å². The fourth-order valence-electron chi connectivity index (χ4n) is 4.08. The number of piperidine rings is 1. The van der Waals surface area contributed by atoms with Crippen LogP contribution in [0.3, 0.4) is 0 Å². The van der Waals surface area contributed by atoms with Crippen molar-refractivity contribution in [3.05, 3.63) is 11.6 Å². The molecule has 0 aromatic carbocycles. The molecule has 3 rings (SSSR count). The van der Waals surface area contributed by atoms with Crippen molar-refractivity contribution in [2.24, 2.45) is 11.8 Å². The van der Waals surface area contributed by atoms with Gasteiger partial charge in [-0.3, -0.25) is 9.59 Å². The monoisotopic (exact) mass is 275 g/mol. The third kappa shape index (κ3) is 2.97. The lowest BCUT2D eigenvalue weighted by Crippen LogP contribution is -2.35. The minimum absolute atomic E-state index is 0.182. The molecule has 0 aromatic rings. The molecule has 3 nitrogen and oxygen atoms in total. The molecule has 2 saturated carbocycles. The van der Waals surface area contributed by atoms with Crippen LogP contribution in [-0.4, -0.2) is 29.7 Å². The van der Waals surface area contributed by atoms with Gasteiger partial charge in [0.15, 0.2) is 0 Å². The van der Waals surface area contributed by atoms with Crippen LogP contribution in [0.15, 0.2) is 11.6 Å². The summed E-state index contributed by atoms with van der Waals surface area (Å²) in [4.78, 5) is 26.3. The molecule has 3 fully saturated rings. The van der Waals surface area contributed by atoms with Gasteiger partial charge in [-0.05, 0) is 57.3 Å². The number of rotatable bonds is 1. The van der Waals surface area contributed by atoms with Gasteiger partial charge in [-0.2, -0.15) is 0 Å². The molecule has 0 aromatic heterocycles. The summed E-state index contributed by atoms with van der Waals surface area (Å²) < 4.78 is 0. The molecule has 0 unspecified atom stereocenters. The second-order valence-electron chi connectivity index (χ2n) is 6.66. The molecule has 1 saturated heterocycles. The van der Waals surface area contributed by atoms with Crippen molar-refractivity contribution < 1.29 is 9.59 Å². The van der Waals surface area contributed by atoms with Gasteiger partial charge in [-0.15, -0.1) is 0 Å². The third-order valence-electron chi connectivity index (χ3n) is 5.29. The van der Waals surface area contributed by atoms with E-state index in [9.17, 15) is 9.59 Å². The van der Waals surface area contributed by atoms with E-state index in [2.05, 4.69) is 0 Å². The van der Waals surface area contributed by atoms with Crippen molar-refractivity contribution in [3.8, 4) is 0 Å². The number of hydrogen-bond acceptors (Lipinski definition) is 2. The van der Waals surface area contributed by atoms with Crippen LogP contribution in [0.25, 0.3) is 0 Å². The number of amides is 1. The summed E-state index contributed by atoms with van der Waals surface area (Å²) >= 11 is 0. The van der Waals surface area contributed by atoms with Crippen molar-refractivity contribution in [1.29, 1.82) is 0 Å². The number of fused-ring (bicyclic) bond motifs is 1. The smallest absolute Gasteiger partial charge is 0.246 e. The second-order valence-corrected chi connectivity index (χ2v) is 6.66. The van der Waals surface area contributed by atoms with E-state index in [4.69, 9.17) is 0 Å². The Hall–Kier alpha value is -1.12. The topological polar surface area (TPSA) is 37.4 Å². The fourth-order valence-corrected chi connectivity index (χ4v) is 4.08. The Bertz CT molecular complexity index is 421. The van der Waals surface area contributed by atoms with E-state index in [0.717, 1.165) is 58.0 Å². The molecule has 3 heteroatoms. The van der Waals surface area contributed by atoms with E-state index in [1.807, 2.05) is 11.0 Å². The number of carbonyl (C=O) groups is 2. The maximum atomic E-state index is 12.3. The van der Waals surface area contributed by atoms with Gasteiger partial charge >= 0.3 is 0 Å². The molecule has 20 heavy (non-hydrogen) atoms. The summed E-state index contributed by atoms with van der Waals surface area (Å²) in [6.07, 6.45) is 11.4. The fraction of sp³-hybridized carbons (Fsp3) is 0.765. The molecule has 1 aliphatic heterocycles. The van der Waals surface area contributed by atoms with Crippen molar-refractivity contribution in [1.82, 2.24) is 4.90 Å². The highest BCUT2D eigenvalue weighted by Crippen LogP contribution is 2.40. The van der Waals surface area contributed by atoms with E-state index in [-0.39, 0.29) is 11.8 Å². The summed E-state index contributed by atoms with van der Waals surface area (Å²) in [5.74, 6) is 1.44. The lowest BCUT2D eigenvalue weighted by molar-refractivity contribution is -0.128. The Kier molecular flexibility index (Phi) is 4.23. The molecule has 0 N–H and O–H groups in total. The van der Waals surface area contributed by atoms with Gasteiger partial charge in [-0.25, -0.2) is 0 Å². The molecular weight excluding hydrogens is 250 g/mol. The van der Waals surface area contributed by atoms with Gasteiger partial charge in [0.1, 0.15) is 5.78 Å². The Morgan fingerprint density at radius 2 is 1.85 bits per heavy atom. The number of Topliss-reactive ketones (excluding diaryl/α,β-unsaturated/α-hetero) is 1. The number of likely N-dealkylation sites (tertiary alicyclic amines) is 1. The van der Waals surface area contributed by atoms with E-state index in [0.29, 0.717) is 11.7 Å². The zero-order valence-electron chi connectivity index (χ0n) is 12.3. The average Bonchev–Trinajstić information content (AvgIpc) is 2.49. The highest BCUT2D eigenvalue weighted by atomic mass is 16.2. The normalized spacial score (nSPS) is 33.1. The second kappa shape index (κ2) is 6.11. The van der Waals surface area contributed by atoms with Crippen LogP contribution in [0.1, 0.15) is 57.8 Å². The predicted octanol–water partition coefficient (Wildman–Crippen LogP) is 3.09. The van der Waals surface area contributed by atoms with E-state index in [1.54, 1.807) is 0 Å². The van der Waals surface area contributed by atoms with Crippen LogP contribution < -0.4 is 0 Å². The molecule has 1 heterocycles. The van der Waals surface area contributed by atoms with E-state index in [1.165, 1.54) is 18.4 Å². The molecule has 1 amide bonds. The predicted molar refractivity (Wildman–Crippen MR) is 78.2 cm³/mol. The van der Waals surface area contributed by atoms with Gasteiger partial charge in [0.25, 0.3) is 0 Å². The Morgan fingerprint density at radius 3 is 2.65 bits per heavy atom. The summed E-state index contributed by atoms with van der Waals surface area (Å²) in [6, 6.07) is 0. The van der Waals surface area contributed by atoms with Crippen LogP contribution in [0.5, 0.6) is 0 Å².